The highest BCUT2D eigenvalue weighted by Gasteiger charge is 2.41. The molecule has 0 aromatic heterocycles. The van der Waals surface area contributed by atoms with Gasteiger partial charge in [0.25, 0.3) is 0 Å². The fourth-order valence-corrected chi connectivity index (χ4v) is 3.77. The average molecular weight is 344 g/mol. The lowest BCUT2D eigenvalue weighted by atomic mass is 10.1. The molecule has 23 heavy (non-hydrogen) atoms. The third-order valence-electron chi connectivity index (χ3n) is 3.97. The fraction of sp³-hybridized carbons (Fsp3) is 0.533. The quantitative estimate of drug-likeness (QED) is 0.875. The zero-order chi connectivity index (χ0) is 17.2. The number of ether oxygens (including phenoxy) is 1. The summed E-state index contributed by atoms with van der Waals surface area (Å²) in [5.74, 6) is -0.771. The monoisotopic (exact) mass is 344 g/mol. The predicted octanol–water partition coefficient (Wildman–Crippen LogP) is 1.38. The van der Waals surface area contributed by atoms with Gasteiger partial charge in [-0.05, 0) is 30.2 Å². The van der Waals surface area contributed by atoms with E-state index < -0.39 is 22.0 Å². The van der Waals surface area contributed by atoms with E-state index in [1.165, 1.54) is 19.2 Å². The number of rotatable bonds is 5. The van der Waals surface area contributed by atoms with Crippen LogP contribution in [0.25, 0.3) is 0 Å². The number of hydrogen-bond acceptors (Lipinski definition) is 4. The normalized spacial score (nSPS) is 22.3. The molecule has 1 aromatic rings. The third kappa shape index (κ3) is 4.07. The molecule has 1 aromatic carbocycles. The third-order valence-corrected chi connectivity index (χ3v) is 5.23. The maximum absolute atomic E-state index is 13.5. The number of methoxy groups -OCH3 is 1. The van der Waals surface area contributed by atoms with Gasteiger partial charge in [0.2, 0.25) is 15.9 Å². The van der Waals surface area contributed by atoms with Crippen molar-refractivity contribution in [2.75, 3.05) is 25.2 Å². The molecular formula is C15H21FN2O4S. The highest BCUT2D eigenvalue weighted by Crippen LogP contribution is 2.24. The molecule has 1 heterocycles. The Hall–Kier alpha value is -1.51. The maximum Gasteiger partial charge on any atom is 0.242 e. The Kier molecular flexibility index (Phi) is 5.38. The molecule has 8 heteroatoms. The summed E-state index contributed by atoms with van der Waals surface area (Å²) in [6.07, 6.45) is 1.54. The number of carbonyl (C=O) groups excluding carboxylic acids is 1. The minimum Gasteiger partial charge on any atom is -0.380 e. The van der Waals surface area contributed by atoms with E-state index in [4.69, 9.17) is 4.74 Å². The Bertz CT molecular complexity index is 693. The first-order chi connectivity index (χ1) is 10.8. The highest BCUT2D eigenvalue weighted by atomic mass is 32.2. The second kappa shape index (κ2) is 6.94. The number of halogens is 1. The van der Waals surface area contributed by atoms with Gasteiger partial charge in [0, 0.05) is 25.8 Å². The van der Waals surface area contributed by atoms with Gasteiger partial charge in [0.05, 0.1) is 12.4 Å². The summed E-state index contributed by atoms with van der Waals surface area (Å²) in [6, 6.07) is 3.47. The van der Waals surface area contributed by atoms with E-state index in [0.717, 1.165) is 10.6 Å². The van der Waals surface area contributed by atoms with Crippen molar-refractivity contribution in [3.05, 3.63) is 29.6 Å². The molecule has 6 nitrogen and oxygen atoms in total. The van der Waals surface area contributed by atoms with E-state index in [1.54, 1.807) is 6.07 Å². The molecule has 0 aliphatic carbocycles. The topological polar surface area (TPSA) is 75.7 Å². The molecule has 0 bridgehead atoms. The summed E-state index contributed by atoms with van der Waals surface area (Å²) in [6.45, 7) is 1.96. The first-order valence-electron chi connectivity index (χ1n) is 7.35. The Morgan fingerprint density at radius 2 is 2.17 bits per heavy atom. The van der Waals surface area contributed by atoms with Crippen LogP contribution in [0.15, 0.2) is 18.2 Å². The van der Waals surface area contributed by atoms with Gasteiger partial charge >= 0.3 is 0 Å². The molecule has 1 amide bonds. The Labute approximate surface area is 135 Å². The number of carbonyl (C=O) groups is 1. The molecule has 0 unspecified atom stereocenters. The second-order valence-corrected chi connectivity index (χ2v) is 7.53. The van der Waals surface area contributed by atoms with E-state index in [2.05, 4.69) is 5.32 Å². The van der Waals surface area contributed by atoms with Gasteiger partial charge in [-0.3, -0.25) is 4.79 Å². The number of nitrogens with one attached hydrogen (secondary N) is 1. The fourth-order valence-electron chi connectivity index (χ4n) is 2.69. The average Bonchev–Trinajstić information content (AvgIpc) is 2.94. The van der Waals surface area contributed by atoms with Crippen LogP contribution in [0.4, 0.5) is 10.1 Å². The van der Waals surface area contributed by atoms with Gasteiger partial charge < -0.3 is 10.1 Å². The summed E-state index contributed by atoms with van der Waals surface area (Å²) in [7, 11) is -2.03. The SMILES string of the molecule is CCc1cc(NC(=O)[C@H]2C[C@H](OC)CN2S(C)(=O)=O)ccc1F. The molecule has 0 spiro atoms. The van der Waals surface area contributed by atoms with Crippen molar-refractivity contribution in [2.24, 2.45) is 0 Å². The molecule has 2 atom stereocenters. The van der Waals surface area contributed by atoms with Crippen molar-refractivity contribution in [3.8, 4) is 0 Å². The molecule has 0 radical (unpaired) electrons. The Balaban J connectivity index is 2.18. The van der Waals surface area contributed by atoms with E-state index in [9.17, 15) is 17.6 Å². The summed E-state index contributed by atoms with van der Waals surface area (Å²) in [5, 5.41) is 2.67. The van der Waals surface area contributed by atoms with Crippen LogP contribution in [0.2, 0.25) is 0 Å². The van der Waals surface area contributed by atoms with Gasteiger partial charge in [0.15, 0.2) is 0 Å². The first-order valence-corrected chi connectivity index (χ1v) is 9.20. The van der Waals surface area contributed by atoms with Crippen LogP contribution in [0, 0.1) is 5.82 Å². The minimum atomic E-state index is -3.52. The molecule has 1 fully saturated rings. The van der Waals surface area contributed by atoms with Crippen molar-refractivity contribution >= 4 is 21.6 Å². The Morgan fingerprint density at radius 3 is 2.74 bits per heavy atom. The molecule has 2 rings (SSSR count). The van der Waals surface area contributed by atoms with Crippen LogP contribution in [0.1, 0.15) is 18.9 Å². The predicted molar refractivity (Wildman–Crippen MR) is 85.2 cm³/mol. The molecule has 1 aliphatic heterocycles. The lowest BCUT2D eigenvalue weighted by molar-refractivity contribution is -0.119. The van der Waals surface area contributed by atoms with Gasteiger partial charge in [-0.15, -0.1) is 0 Å². The largest absolute Gasteiger partial charge is 0.380 e. The number of benzene rings is 1. The van der Waals surface area contributed by atoms with Crippen molar-refractivity contribution in [1.29, 1.82) is 0 Å². The number of amides is 1. The highest BCUT2D eigenvalue weighted by molar-refractivity contribution is 7.88. The molecular weight excluding hydrogens is 323 g/mol. The van der Waals surface area contributed by atoms with Gasteiger partial charge in [0.1, 0.15) is 11.9 Å². The molecule has 128 valence electrons. The van der Waals surface area contributed by atoms with Crippen LogP contribution in [0.3, 0.4) is 0 Å². The summed E-state index contributed by atoms with van der Waals surface area (Å²) < 4.78 is 43.5. The minimum absolute atomic E-state index is 0.150. The van der Waals surface area contributed by atoms with Gasteiger partial charge in [-0.2, -0.15) is 4.31 Å². The van der Waals surface area contributed by atoms with Crippen molar-refractivity contribution < 1.29 is 22.3 Å². The maximum atomic E-state index is 13.5. The van der Waals surface area contributed by atoms with Crippen LogP contribution in [0.5, 0.6) is 0 Å². The standard InChI is InChI=1S/C15H21FN2O4S/c1-4-10-7-11(5-6-13(10)16)17-15(19)14-8-12(22-2)9-18(14)23(3,20)21/h5-7,12,14H,4,8-9H2,1-3H3,(H,17,19)/t12-,14+/m0/s1. The van der Waals surface area contributed by atoms with Gasteiger partial charge in [-0.1, -0.05) is 6.92 Å². The van der Waals surface area contributed by atoms with Crippen molar-refractivity contribution in [3.63, 3.8) is 0 Å². The molecule has 0 saturated carbocycles. The number of hydrogen-bond donors (Lipinski definition) is 1. The van der Waals surface area contributed by atoms with Crippen molar-refractivity contribution in [2.45, 2.75) is 31.9 Å². The molecule has 1 saturated heterocycles. The van der Waals surface area contributed by atoms with E-state index in [0.29, 0.717) is 17.7 Å². The van der Waals surface area contributed by atoms with Crippen LogP contribution >= 0.6 is 0 Å². The van der Waals surface area contributed by atoms with E-state index >= 15 is 0 Å². The zero-order valence-electron chi connectivity index (χ0n) is 13.4. The summed E-state index contributed by atoms with van der Waals surface area (Å²) in [5.41, 5.74) is 0.937. The lowest BCUT2D eigenvalue weighted by Gasteiger charge is -2.21. The van der Waals surface area contributed by atoms with Crippen LogP contribution < -0.4 is 5.32 Å². The number of sulfonamides is 1. The van der Waals surface area contributed by atoms with E-state index in [-0.39, 0.29) is 24.9 Å². The lowest BCUT2D eigenvalue weighted by Crippen LogP contribution is -2.42. The summed E-state index contributed by atoms with van der Waals surface area (Å²) in [4.78, 5) is 12.5. The number of anilines is 1. The second-order valence-electron chi connectivity index (χ2n) is 5.59. The van der Waals surface area contributed by atoms with Crippen LogP contribution in [-0.2, 0) is 26.0 Å². The summed E-state index contributed by atoms with van der Waals surface area (Å²) >= 11 is 0. The van der Waals surface area contributed by atoms with Crippen molar-refractivity contribution in [1.82, 2.24) is 4.31 Å². The zero-order valence-corrected chi connectivity index (χ0v) is 14.2. The number of aryl methyl sites for hydroxylation is 1. The smallest absolute Gasteiger partial charge is 0.242 e. The first kappa shape index (κ1) is 17.8. The Morgan fingerprint density at radius 1 is 1.48 bits per heavy atom. The molecule has 1 N–H and O–H groups in total. The van der Waals surface area contributed by atoms with Gasteiger partial charge in [-0.25, -0.2) is 12.8 Å². The van der Waals surface area contributed by atoms with E-state index in [1.807, 2.05) is 6.92 Å². The molecule has 1 aliphatic rings. The number of nitrogens with zero attached hydrogens (tertiary/aromatic N) is 1. The van der Waals surface area contributed by atoms with Crippen LogP contribution in [-0.4, -0.2) is 50.7 Å².